The predicted octanol–water partition coefficient (Wildman–Crippen LogP) is 3.52. The first kappa shape index (κ1) is 17.5. The Morgan fingerprint density at radius 1 is 1.24 bits per heavy atom. The largest absolute Gasteiger partial charge is 0.358 e. The number of Topliss-reactive ketones (excluding diaryl/α,β-unsaturated/α-hetero) is 1. The maximum absolute atomic E-state index is 14.1. The van der Waals surface area contributed by atoms with Gasteiger partial charge < -0.3 is 10.3 Å². The molecule has 0 amide bonds. The quantitative estimate of drug-likeness (QED) is 0.790. The van der Waals surface area contributed by atoms with Crippen LogP contribution < -0.4 is 5.32 Å². The second kappa shape index (κ2) is 7.74. The van der Waals surface area contributed by atoms with Crippen molar-refractivity contribution >= 4 is 11.6 Å². The number of benzene rings is 1. The van der Waals surface area contributed by atoms with Crippen molar-refractivity contribution in [2.75, 3.05) is 13.1 Å². The van der Waals surface area contributed by atoms with Gasteiger partial charge in [-0.1, -0.05) is 19.1 Å². The lowest BCUT2D eigenvalue weighted by atomic mass is 9.91. The molecule has 2 aromatic rings. The smallest absolute Gasteiger partial charge is 0.197 e. The van der Waals surface area contributed by atoms with Crippen LogP contribution in [0.25, 0.3) is 0 Å². The molecule has 1 aromatic heterocycles. The highest BCUT2D eigenvalue weighted by molar-refractivity contribution is 6.11. The molecule has 1 aromatic carbocycles. The SMILES string of the molecule is CCc1cccc(F)c1C(=O)c1c[nH]c(C(=O)CC2CCNCC2)c1. The number of aromatic amines is 1. The second-order valence-corrected chi connectivity index (χ2v) is 6.58. The summed E-state index contributed by atoms with van der Waals surface area (Å²) in [5, 5.41) is 3.28. The van der Waals surface area contributed by atoms with Gasteiger partial charge in [-0.2, -0.15) is 0 Å². The molecule has 0 unspecified atom stereocenters. The summed E-state index contributed by atoms with van der Waals surface area (Å²) >= 11 is 0. The summed E-state index contributed by atoms with van der Waals surface area (Å²) in [7, 11) is 0. The van der Waals surface area contributed by atoms with Gasteiger partial charge in [0, 0.05) is 18.2 Å². The van der Waals surface area contributed by atoms with Crippen molar-refractivity contribution in [1.82, 2.24) is 10.3 Å². The molecule has 25 heavy (non-hydrogen) atoms. The number of halogens is 1. The molecule has 0 spiro atoms. The Morgan fingerprint density at radius 2 is 2.00 bits per heavy atom. The van der Waals surface area contributed by atoms with E-state index in [1.54, 1.807) is 18.2 Å². The van der Waals surface area contributed by atoms with Gasteiger partial charge in [0.25, 0.3) is 0 Å². The third-order valence-electron chi connectivity index (χ3n) is 4.89. The molecule has 1 aliphatic heterocycles. The first-order chi connectivity index (χ1) is 12.1. The van der Waals surface area contributed by atoms with E-state index in [9.17, 15) is 14.0 Å². The number of ketones is 2. The Labute approximate surface area is 146 Å². The number of aromatic nitrogens is 1. The van der Waals surface area contributed by atoms with Crippen LogP contribution in [-0.4, -0.2) is 29.6 Å². The standard InChI is InChI=1S/C20H23FN2O2/c1-2-14-4-3-5-16(21)19(14)20(25)15-11-17(23-12-15)18(24)10-13-6-8-22-9-7-13/h3-5,11-13,22-23H,2,6-10H2,1H3. The number of carbonyl (C=O) groups excluding carboxylic acids is 2. The zero-order valence-electron chi connectivity index (χ0n) is 14.4. The number of nitrogens with one attached hydrogen (secondary N) is 2. The number of hydrogen-bond donors (Lipinski definition) is 2. The molecule has 0 saturated carbocycles. The van der Waals surface area contributed by atoms with E-state index in [2.05, 4.69) is 10.3 Å². The Morgan fingerprint density at radius 3 is 2.72 bits per heavy atom. The Balaban J connectivity index is 1.77. The van der Waals surface area contributed by atoms with Gasteiger partial charge in [-0.25, -0.2) is 4.39 Å². The molecule has 3 rings (SSSR count). The number of hydrogen-bond acceptors (Lipinski definition) is 3. The number of H-pyrrole nitrogens is 1. The molecule has 5 heteroatoms. The van der Waals surface area contributed by atoms with Crippen LogP contribution in [0.5, 0.6) is 0 Å². The van der Waals surface area contributed by atoms with Gasteiger partial charge >= 0.3 is 0 Å². The highest BCUT2D eigenvalue weighted by Crippen LogP contribution is 2.22. The highest BCUT2D eigenvalue weighted by atomic mass is 19.1. The predicted molar refractivity (Wildman–Crippen MR) is 94.5 cm³/mol. The van der Waals surface area contributed by atoms with E-state index in [-0.39, 0.29) is 17.1 Å². The minimum Gasteiger partial charge on any atom is -0.358 e. The fraction of sp³-hybridized carbons (Fsp3) is 0.400. The minimum atomic E-state index is -0.520. The minimum absolute atomic E-state index is 0.00944. The summed E-state index contributed by atoms with van der Waals surface area (Å²) in [6, 6.07) is 6.21. The molecule has 132 valence electrons. The monoisotopic (exact) mass is 342 g/mol. The fourth-order valence-electron chi connectivity index (χ4n) is 3.41. The lowest BCUT2D eigenvalue weighted by molar-refractivity contribution is 0.0948. The van der Waals surface area contributed by atoms with Crippen molar-refractivity contribution in [2.45, 2.75) is 32.6 Å². The number of aryl methyl sites for hydroxylation is 1. The molecule has 4 nitrogen and oxygen atoms in total. The topological polar surface area (TPSA) is 62.0 Å². The Bertz CT molecular complexity index is 776. The first-order valence-corrected chi connectivity index (χ1v) is 8.84. The van der Waals surface area contributed by atoms with Crippen molar-refractivity contribution in [3.63, 3.8) is 0 Å². The molecule has 1 saturated heterocycles. The number of piperidine rings is 1. The van der Waals surface area contributed by atoms with E-state index >= 15 is 0 Å². The maximum Gasteiger partial charge on any atom is 0.197 e. The number of rotatable bonds is 6. The summed E-state index contributed by atoms with van der Waals surface area (Å²) in [5.74, 6) is -0.509. The fourth-order valence-corrected chi connectivity index (χ4v) is 3.41. The molecule has 2 heterocycles. The van der Waals surface area contributed by atoms with Crippen LogP contribution in [0.15, 0.2) is 30.5 Å². The first-order valence-electron chi connectivity index (χ1n) is 8.84. The molecule has 0 radical (unpaired) electrons. The summed E-state index contributed by atoms with van der Waals surface area (Å²) in [6.45, 7) is 3.77. The van der Waals surface area contributed by atoms with Gasteiger partial charge in [0.1, 0.15) is 5.82 Å². The van der Waals surface area contributed by atoms with Crippen molar-refractivity contribution < 1.29 is 14.0 Å². The van der Waals surface area contributed by atoms with Crippen LogP contribution in [0.3, 0.4) is 0 Å². The van der Waals surface area contributed by atoms with Gasteiger partial charge in [0.05, 0.1) is 11.3 Å². The maximum atomic E-state index is 14.1. The van der Waals surface area contributed by atoms with E-state index in [4.69, 9.17) is 0 Å². The van der Waals surface area contributed by atoms with Gasteiger partial charge in [0.2, 0.25) is 0 Å². The summed E-state index contributed by atoms with van der Waals surface area (Å²) in [4.78, 5) is 28.0. The third-order valence-corrected chi connectivity index (χ3v) is 4.89. The van der Waals surface area contributed by atoms with Crippen LogP contribution in [0, 0.1) is 11.7 Å². The van der Waals surface area contributed by atoms with Crippen LogP contribution in [0.2, 0.25) is 0 Å². The van der Waals surface area contributed by atoms with Crippen LogP contribution >= 0.6 is 0 Å². The van der Waals surface area contributed by atoms with Crippen LogP contribution in [0.4, 0.5) is 4.39 Å². The lowest BCUT2D eigenvalue weighted by Crippen LogP contribution is -2.28. The Hall–Kier alpha value is -2.27. The zero-order valence-corrected chi connectivity index (χ0v) is 14.4. The molecule has 2 N–H and O–H groups in total. The molecule has 1 aliphatic rings. The van der Waals surface area contributed by atoms with E-state index < -0.39 is 5.82 Å². The molecule has 0 atom stereocenters. The van der Waals surface area contributed by atoms with Gasteiger partial charge in [0.15, 0.2) is 11.6 Å². The highest BCUT2D eigenvalue weighted by Gasteiger charge is 2.22. The van der Waals surface area contributed by atoms with Crippen LogP contribution in [-0.2, 0) is 6.42 Å². The van der Waals surface area contributed by atoms with E-state index in [0.717, 1.165) is 25.9 Å². The van der Waals surface area contributed by atoms with Crippen molar-refractivity contribution in [3.8, 4) is 0 Å². The molecular formula is C20H23FN2O2. The van der Waals surface area contributed by atoms with Gasteiger partial charge in [-0.15, -0.1) is 0 Å². The normalized spacial score (nSPS) is 15.3. The van der Waals surface area contributed by atoms with E-state index in [0.29, 0.717) is 35.6 Å². The molecule has 1 fully saturated rings. The van der Waals surface area contributed by atoms with E-state index in [1.165, 1.54) is 12.3 Å². The van der Waals surface area contributed by atoms with E-state index in [1.807, 2.05) is 6.92 Å². The zero-order chi connectivity index (χ0) is 17.8. The van der Waals surface area contributed by atoms with Gasteiger partial charge in [-0.3, -0.25) is 9.59 Å². The van der Waals surface area contributed by atoms with Crippen molar-refractivity contribution in [2.24, 2.45) is 5.92 Å². The summed E-state index contributed by atoms with van der Waals surface area (Å²) < 4.78 is 14.1. The molecule has 0 aliphatic carbocycles. The van der Waals surface area contributed by atoms with Gasteiger partial charge in [-0.05, 0) is 56.0 Å². The Kier molecular flexibility index (Phi) is 5.43. The second-order valence-electron chi connectivity index (χ2n) is 6.58. The summed E-state index contributed by atoms with van der Waals surface area (Å²) in [5.41, 5.74) is 1.53. The van der Waals surface area contributed by atoms with Crippen LogP contribution in [0.1, 0.15) is 58.2 Å². The average molecular weight is 342 g/mol. The number of carbonyl (C=O) groups is 2. The average Bonchev–Trinajstić information content (AvgIpc) is 3.12. The third kappa shape index (κ3) is 3.87. The molecular weight excluding hydrogens is 319 g/mol. The van der Waals surface area contributed by atoms with Crippen molar-refractivity contribution in [1.29, 1.82) is 0 Å². The summed E-state index contributed by atoms with van der Waals surface area (Å²) in [6.07, 6.45) is 4.55. The van der Waals surface area contributed by atoms with Crippen molar-refractivity contribution in [3.05, 3.63) is 58.7 Å². The lowest BCUT2D eigenvalue weighted by Gasteiger charge is -2.21. The molecule has 0 bridgehead atoms.